The van der Waals surface area contributed by atoms with Crippen LogP contribution in [0, 0.1) is 13.8 Å². The number of anilines is 1. The Morgan fingerprint density at radius 3 is 2.50 bits per heavy atom. The summed E-state index contributed by atoms with van der Waals surface area (Å²) in [6.07, 6.45) is -2.96. The molecule has 2 N–H and O–H groups in total. The number of hydrogen-bond acceptors (Lipinski definition) is 2. The molecule has 2 rings (SSSR count). The third-order valence-electron chi connectivity index (χ3n) is 2.87. The molecule has 1 heterocycles. The van der Waals surface area contributed by atoms with E-state index in [1.54, 1.807) is 6.92 Å². The van der Waals surface area contributed by atoms with E-state index in [1.165, 1.54) is 25.3 Å². The Morgan fingerprint density at radius 1 is 1.30 bits per heavy atom. The Morgan fingerprint density at radius 2 is 2.00 bits per heavy atom. The largest absolute Gasteiger partial charge is 0.416 e. The third kappa shape index (κ3) is 2.81. The lowest BCUT2D eigenvalue weighted by Crippen LogP contribution is -2.13. The number of amides is 1. The number of benzene rings is 1. The first kappa shape index (κ1) is 14.1. The number of alkyl halides is 3. The molecule has 0 bridgehead atoms. The normalized spacial score (nSPS) is 11.4. The van der Waals surface area contributed by atoms with Crippen LogP contribution in [0.5, 0.6) is 0 Å². The van der Waals surface area contributed by atoms with Crippen molar-refractivity contribution in [1.82, 2.24) is 10.2 Å². The van der Waals surface area contributed by atoms with Crippen molar-refractivity contribution in [3.63, 3.8) is 0 Å². The summed E-state index contributed by atoms with van der Waals surface area (Å²) in [7, 11) is 0. The minimum absolute atomic E-state index is 0.0548. The second-order valence-electron chi connectivity index (χ2n) is 4.37. The summed E-state index contributed by atoms with van der Waals surface area (Å²) in [5.74, 6) is -0.421. The van der Waals surface area contributed by atoms with E-state index in [0.29, 0.717) is 16.9 Å². The molecule has 1 aromatic heterocycles. The maximum Gasteiger partial charge on any atom is 0.416 e. The highest BCUT2D eigenvalue weighted by molar-refractivity contribution is 6.04. The molecule has 4 nitrogen and oxygen atoms in total. The van der Waals surface area contributed by atoms with E-state index in [2.05, 4.69) is 15.5 Å². The molecule has 1 aromatic carbocycles. The summed E-state index contributed by atoms with van der Waals surface area (Å²) >= 11 is 0. The fraction of sp³-hybridized carbons (Fsp3) is 0.231. The zero-order valence-electron chi connectivity index (χ0n) is 10.8. The Labute approximate surface area is 113 Å². The molecule has 1 amide bonds. The van der Waals surface area contributed by atoms with E-state index in [4.69, 9.17) is 0 Å². The predicted molar refractivity (Wildman–Crippen MR) is 67.5 cm³/mol. The van der Waals surface area contributed by atoms with Gasteiger partial charge in [-0.3, -0.25) is 9.89 Å². The summed E-state index contributed by atoms with van der Waals surface area (Å²) in [6, 6.07) is 3.46. The molecule has 0 radical (unpaired) electrons. The zero-order valence-corrected chi connectivity index (χ0v) is 10.8. The van der Waals surface area contributed by atoms with Gasteiger partial charge in [0.15, 0.2) is 0 Å². The van der Waals surface area contributed by atoms with Crippen LogP contribution in [0.1, 0.15) is 27.2 Å². The average molecular weight is 283 g/mol. The van der Waals surface area contributed by atoms with Crippen molar-refractivity contribution in [2.75, 3.05) is 5.32 Å². The molecule has 20 heavy (non-hydrogen) atoms. The highest BCUT2D eigenvalue weighted by Gasteiger charge is 2.32. The minimum Gasteiger partial charge on any atom is -0.322 e. The third-order valence-corrected chi connectivity index (χ3v) is 2.87. The first-order valence-electron chi connectivity index (χ1n) is 5.78. The lowest BCUT2D eigenvalue weighted by Gasteiger charge is -2.12. The van der Waals surface area contributed by atoms with Crippen LogP contribution in [0.2, 0.25) is 0 Å². The summed E-state index contributed by atoms with van der Waals surface area (Å²) < 4.78 is 37.9. The number of H-pyrrole nitrogens is 1. The number of aromatic nitrogens is 2. The monoisotopic (exact) mass is 283 g/mol. The van der Waals surface area contributed by atoms with Crippen molar-refractivity contribution in [2.45, 2.75) is 20.0 Å². The van der Waals surface area contributed by atoms with Crippen LogP contribution < -0.4 is 5.32 Å². The SMILES string of the molecule is Cc1cc(NC(=O)c2c[nH]nc2C)ccc1C(F)(F)F. The number of hydrogen-bond donors (Lipinski definition) is 2. The van der Waals surface area contributed by atoms with Gasteiger partial charge in [0.05, 0.1) is 16.8 Å². The summed E-state index contributed by atoms with van der Waals surface area (Å²) in [6.45, 7) is 3.00. The number of rotatable bonds is 2. The van der Waals surface area contributed by atoms with Gasteiger partial charge in [0.1, 0.15) is 0 Å². The van der Waals surface area contributed by atoms with E-state index in [0.717, 1.165) is 6.07 Å². The van der Waals surface area contributed by atoms with Gasteiger partial charge >= 0.3 is 6.18 Å². The maximum atomic E-state index is 12.6. The van der Waals surface area contributed by atoms with Crippen molar-refractivity contribution in [2.24, 2.45) is 0 Å². The number of carbonyl (C=O) groups excluding carboxylic acids is 1. The van der Waals surface area contributed by atoms with Gasteiger partial charge in [0.2, 0.25) is 0 Å². The number of aryl methyl sites for hydroxylation is 2. The Kier molecular flexibility index (Phi) is 3.52. The van der Waals surface area contributed by atoms with E-state index in [1.807, 2.05) is 0 Å². The number of aromatic amines is 1. The van der Waals surface area contributed by atoms with Crippen LogP contribution in [0.3, 0.4) is 0 Å². The van der Waals surface area contributed by atoms with Crippen LogP contribution in [-0.4, -0.2) is 16.1 Å². The molecular formula is C13H12F3N3O. The van der Waals surface area contributed by atoms with E-state index in [-0.39, 0.29) is 5.56 Å². The summed E-state index contributed by atoms with van der Waals surface area (Å²) in [5, 5.41) is 8.89. The van der Waals surface area contributed by atoms with E-state index >= 15 is 0 Å². The van der Waals surface area contributed by atoms with Gasteiger partial charge in [-0.15, -0.1) is 0 Å². The van der Waals surface area contributed by atoms with E-state index in [9.17, 15) is 18.0 Å². The molecule has 0 unspecified atom stereocenters. The van der Waals surface area contributed by atoms with Gasteiger partial charge in [0, 0.05) is 11.9 Å². The van der Waals surface area contributed by atoms with Crippen molar-refractivity contribution in [3.05, 3.63) is 46.8 Å². The maximum absolute atomic E-state index is 12.6. The van der Waals surface area contributed by atoms with Crippen molar-refractivity contribution < 1.29 is 18.0 Å². The lowest BCUT2D eigenvalue weighted by atomic mass is 10.1. The number of halogens is 3. The molecule has 0 aliphatic carbocycles. The van der Waals surface area contributed by atoms with Crippen molar-refractivity contribution >= 4 is 11.6 Å². The molecule has 0 atom stereocenters. The zero-order chi connectivity index (χ0) is 14.9. The smallest absolute Gasteiger partial charge is 0.322 e. The van der Waals surface area contributed by atoms with Crippen LogP contribution in [-0.2, 0) is 6.18 Å². The van der Waals surface area contributed by atoms with Crippen LogP contribution in [0.25, 0.3) is 0 Å². The first-order valence-corrected chi connectivity index (χ1v) is 5.78. The molecule has 0 aliphatic rings. The molecule has 0 spiro atoms. The lowest BCUT2D eigenvalue weighted by molar-refractivity contribution is -0.138. The highest BCUT2D eigenvalue weighted by Crippen LogP contribution is 2.32. The van der Waals surface area contributed by atoms with Crippen LogP contribution >= 0.6 is 0 Å². The summed E-state index contributed by atoms with van der Waals surface area (Å²) in [5.41, 5.74) is 0.518. The second-order valence-corrected chi connectivity index (χ2v) is 4.37. The molecule has 0 fully saturated rings. The molecule has 2 aromatic rings. The topological polar surface area (TPSA) is 57.8 Å². The van der Waals surface area contributed by atoms with Gasteiger partial charge in [-0.05, 0) is 37.6 Å². The first-order chi connectivity index (χ1) is 9.29. The molecule has 0 aliphatic heterocycles. The van der Waals surface area contributed by atoms with Crippen LogP contribution in [0.4, 0.5) is 18.9 Å². The number of carbonyl (C=O) groups is 1. The predicted octanol–water partition coefficient (Wildman–Crippen LogP) is 3.30. The minimum atomic E-state index is -4.40. The Bertz CT molecular complexity index is 647. The quantitative estimate of drug-likeness (QED) is 0.888. The van der Waals surface area contributed by atoms with Gasteiger partial charge in [0.25, 0.3) is 5.91 Å². The molecule has 7 heteroatoms. The van der Waals surface area contributed by atoms with Gasteiger partial charge in [-0.25, -0.2) is 0 Å². The van der Waals surface area contributed by atoms with E-state index < -0.39 is 17.6 Å². The molecule has 0 saturated heterocycles. The van der Waals surface area contributed by atoms with Gasteiger partial charge in [-0.1, -0.05) is 0 Å². The Hall–Kier alpha value is -2.31. The van der Waals surface area contributed by atoms with Crippen molar-refractivity contribution in [1.29, 1.82) is 0 Å². The number of nitrogens with one attached hydrogen (secondary N) is 2. The van der Waals surface area contributed by atoms with Crippen molar-refractivity contribution in [3.8, 4) is 0 Å². The molecular weight excluding hydrogens is 271 g/mol. The second kappa shape index (κ2) is 4.99. The number of nitrogens with zero attached hydrogens (tertiary/aromatic N) is 1. The Balaban J connectivity index is 2.22. The summed E-state index contributed by atoms with van der Waals surface area (Å²) in [4.78, 5) is 11.9. The molecule has 0 saturated carbocycles. The van der Waals surface area contributed by atoms with Gasteiger partial charge in [-0.2, -0.15) is 18.3 Å². The average Bonchev–Trinajstić information content (AvgIpc) is 2.73. The fourth-order valence-electron chi connectivity index (χ4n) is 1.85. The van der Waals surface area contributed by atoms with Gasteiger partial charge < -0.3 is 5.32 Å². The highest BCUT2D eigenvalue weighted by atomic mass is 19.4. The standard InChI is InChI=1S/C13H12F3N3O/c1-7-5-9(3-4-11(7)13(14,15)16)18-12(20)10-6-17-19-8(10)2/h3-6H,1-2H3,(H,17,19)(H,18,20). The fourth-order valence-corrected chi connectivity index (χ4v) is 1.85. The van der Waals surface area contributed by atoms with Crippen LogP contribution in [0.15, 0.2) is 24.4 Å². The molecule has 106 valence electrons.